The fraction of sp³-hybridized carbons (Fsp3) is 0.429. The van der Waals surface area contributed by atoms with Crippen molar-refractivity contribution >= 4 is 0 Å². The van der Waals surface area contributed by atoms with Crippen LogP contribution < -0.4 is 0 Å². The van der Waals surface area contributed by atoms with E-state index in [9.17, 15) is 4.39 Å². The number of hydrogen-bond donors (Lipinski definition) is 1. The number of halogens is 1. The molecule has 0 spiro atoms. The lowest BCUT2D eigenvalue weighted by Crippen LogP contribution is -2.06. The van der Waals surface area contributed by atoms with Crippen molar-refractivity contribution in [2.24, 2.45) is 0 Å². The molecule has 0 aliphatic heterocycles. The van der Waals surface area contributed by atoms with Crippen LogP contribution in [0.4, 0.5) is 4.39 Å². The third-order valence-corrected chi connectivity index (χ3v) is 2.38. The van der Waals surface area contributed by atoms with Crippen LogP contribution >= 0.6 is 0 Å². The average molecular weight is 236 g/mol. The number of aliphatic hydroxyl groups is 1. The van der Waals surface area contributed by atoms with Crippen LogP contribution in [0.1, 0.15) is 31.4 Å². The van der Waals surface area contributed by atoms with Gasteiger partial charge >= 0.3 is 0 Å². The van der Waals surface area contributed by atoms with E-state index in [1.165, 1.54) is 12.1 Å². The molecule has 0 saturated carbocycles. The minimum absolute atomic E-state index is 0.158. The van der Waals surface area contributed by atoms with Crippen molar-refractivity contribution < 1.29 is 14.2 Å². The Balaban J connectivity index is 2.75. The normalized spacial score (nSPS) is 11.8. The van der Waals surface area contributed by atoms with Gasteiger partial charge in [0, 0.05) is 5.56 Å². The predicted octanol–water partition coefficient (Wildman–Crippen LogP) is 2.48. The van der Waals surface area contributed by atoms with Gasteiger partial charge in [-0.3, -0.25) is 0 Å². The van der Waals surface area contributed by atoms with Crippen LogP contribution in [0.5, 0.6) is 0 Å². The highest BCUT2D eigenvalue weighted by molar-refractivity contribution is 5.37. The number of benzene rings is 1. The topological polar surface area (TPSA) is 29.5 Å². The maximum atomic E-state index is 13.3. The smallest absolute Gasteiger partial charge is 0.124 e. The molecule has 17 heavy (non-hydrogen) atoms. The molecular formula is C14H17FO2. The number of hydrogen-bond acceptors (Lipinski definition) is 2. The molecule has 1 rings (SSSR count). The van der Waals surface area contributed by atoms with E-state index in [-0.39, 0.29) is 18.5 Å². The average Bonchev–Trinajstić information content (AvgIpc) is 2.32. The zero-order chi connectivity index (χ0) is 12.7. The molecule has 0 fully saturated rings. The van der Waals surface area contributed by atoms with E-state index in [2.05, 4.69) is 11.8 Å². The van der Waals surface area contributed by atoms with Crippen molar-refractivity contribution in [2.45, 2.75) is 33.0 Å². The lowest BCUT2D eigenvalue weighted by Gasteiger charge is -2.10. The molecule has 1 N–H and O–H groups in total. The number of ether oxygens (including phenoxy) is 1. The Labute approximate surface area is 101 Å². The lowest BCUT2D eigenvalue weighted by atomic mass is 10.1. The van der Waals surface area contributed by atoms with Crippen molar-refractivity contribution in [1.29, 1.82) is 0 Å². The first kappa shape index (κ1) is 13.7. The lowest BCUT2D eigenvalue weighted by molar-refractivity contribution is 0.0507. The molecule has 1 aromatic carbocycles. The summed E-state index contributed by atoms with van der Waals surface area (Å²) in [5.41, 5.74) is 1.31. The maximum absolute atomic E-state index is 13.3. The van der Waals surface area contributed by atoms with Crippen LogP contribution in [0.2, 0.25) is 0 Å². The monoisotopic (exact) mass is 236 g/mol. The predicted molar refractivity (Wildman–Crippen MR) is 64.9 cm³/mol. The Bertz CT molecular complexity index is 418. The zero-order valence-corrected chi connectivity index (χ0v) is 10.2. The summed E-state index contributed by atoms with van der Waals surface area (Å²) in [6.07, 6.45) is 1.08. The van der Waals surface area contributed by atoms with E-state index in [0.29, 0.717) is 12.2 Å². The molecule has 92 valence electrons. The Morgan fingerprint density at radius 3 is 2.82 bits per heavy atom. The van der Waals surface area contributed by atoms with Gasteiger partial charge in [-0.05, 0) is 37.1 Å². The second-order valence-electron chi connectivity index (χ2n) is 3.84. The first-order chi connectivity index (χ1) is 8.15. The van der Waals surface area contributed by atoms with Crippen molar-refractivity contribution in [2.75, 3.05) is 6.61 Å². The summed E-state index contributed by atoms with van der Waals surface area (Å²) >= 11 is 0. The van der Waals surface area contributed by atoms with Crippen molar-refractivity contribution in [1.82, 2.24) is 0 Å². The van der Waals surface area contributed by atoms with E-state index in [4.69, 9.17) is 9.84 Å². The second-order valence-corrected chi connectivity index (χ2v) is 3.84. The Morgan fingerprint density at radius 1 is 1.41 bits per heavy atom. The summed E-state index contributed by atoms with van der Waals surface area (Å²) in [6, 6.07) is 4.55. The first-order valence-corrected chi connectivity index (χ1v) is 5.66. The molecule has 3 heteroatoms. The van der Waals surface area contributed by atoms with E-state index >= 15 is 0 Å². The third kappa shape index (κ3) is 4.99. The van der Waals surface area contributed by atoms with Crippen LogP contribution in [-0.4, -0.2) is 17.8 Å². The molecule has 0 bridgehead atoms. The molecule has 0 heterocycles. The Hall–Kier alpha value is -1.37. The molecule has 1 aromatic rings. The van der Waals surface area contributed by atoms with Crippen LogP contribution in [0.25, 0.3) is 0 Å². The first-order valence-electron chi connectivity index (χ1n) is 5.66. The standard InChI is InChI=1S/C14H17FO2/c1-3-11(2)17-10-13-7-12(5-4-6-16)8-14(15)9-13/h7-9,11,16H,3,6,10H2,1-2H3. The van der Waals surface area contributed by atoms with E-state index < -0.39 is 0 Å². The van der Waals surface area contributed by atoms with Crippen molar-refractivity contribution in [3.8, 4) is 11.8 Å². The van der Waals surface area contributed by atoms with Crippen molar-refractivity contribution in [3.05, 3.63) is 35.1 Å². The quantitative estimate of drug-likeness (QED) is 0.814. The van der Waals surface area contributed by atoms with Gasteiger partial charge in [0.05, 0.1) is 12.7 Å². The highest BCUT2D eigenvalue weighted by Crippen LogP contribution is 2.11. The minimum atomic E-state index is -0.336. The molecular weight excluding hydrogens is 219 g/mol. The van der Waals surface area contributed by atoms with Crippen LogP contribution in [0, 0.1) is 17.7 Å². The molecule has 1 unspecified atom stereocenters. The van der Waals surface area contributed by atoms with Gasteiger partial charge in [0.15, 0.2) is 0 Å². The third-order valence-electron chi connectivity index (χ3n) is 2.38. The summed E-state index contributed by atoms with van der Waals surface area (Å²) in [4.78, 5) is 0. The number of rotatable bonds is 4. The highest BCUT2D eigenvalue weighted by Gasteiger charge is 2.02. The highest BCUT2D eigenvalue weighted by atomic mass is 19.1. The molecule has 0 saturated heterocycles. The largest absolute Gasteiger partial charge is 0.384 e. The van der Waals surface area contributed by atoms with Crippen LogP contribution in [0.15, 0.2) is 18.2 Å². The molecule has 1 atom stereocenters. The van der Waals surface area contributed by atoms with Gasteiger partial charge in [-0.25, -0.2) is 4.39 Å². The fourth-order valence-electron chi connectivity index (χ4n) is 1.30. The SMILES string of the molecule is CCC(C)OCc1cc(F)cc(C#CCO)c1. The van der Waals surface area contributed by atoms with Gasteiger partial charge in [0.25, 0.3) is 0 Å². The Kier molecular flexibility index (Phi) is 5.68. The van der Waals surface area contributed by atoms with Gasteiger partial charge in [0.2, 0.25) is 0 Å². The fourth-order valence-corrected chi connectivity index (χ4v) is 1.30. The summed E-state index contributed by atoms with van der Waals surface area (Å²) < 4.78 is 18.8. The van der Waals surface area contributed by atoms with Crippen molar-refractivity contribution in [3.63, 3.8) is 0 Å². The molecule has 0 aliphatic carbocycles. The molecule has 0 aliphatic rings. The second kappa shape index (κ2) is 7.05. The van der Waals surface area contributed by atoms with Gasteiger partial charge in [0.1, 0.15) is 12.4 Å². The number of aliphatic hydroxyl groups excluding tert-OH is 1. The zero-order valence-electron chi connectivity index (χ0n) is 10.2. The molecule has 2 nitrogen and oxygen atoms in total. The summed E-state index contributed by atoms with van der Waals surface area (Å²) in [5.74, 6) is 4.84. The molecule has 0 aromatic heterocycles. The molecule has 0 radical (unpaired) electrons. The van der Waals surface area contributed by atoms with Gasteiger partial charge in [-0.1, -0.05) is 18.8 Å². The van der Waals surface area contributed by atoms with Crippen LogP contribution in [0.3, 0.4) is 0 Å². The van der Waals surface area contributed by atoms with E-state index in [1.54, 1.807) is 6.07 Å². The minimum Gasteiger partial charge on any atom is -0.384 e. The summed E-state index contributed by atoms with van der Waals surface area (Å²) in [5, 5.41) is 8.58. The van der Waals surface area contributed by atoms with Gasteiger partial charge in [-0.15, -0.1) is 0 Å². The molecule has 0 amide bonds. The summed E-state index contributed by atoms with van der Waals surface area (Å²) in [7, 11) is 0. The van der Waals surface area contributed by atoms with E-state index in [0.717, 1.165) is 12.0 Å². The van der Waals surface area contributed by atoms with Gasteiger partial charge < -0.3 is 9.84 Å². The maximum Gasteiger partial charge on any atom is 0.124 e. The summed E-state index contributed by atoms with van der Waals surface area (Å²) in [6.45, 7) is 4.16. The Morgan fingerprint density at radius 2 is 2.18 bits per heavy atom. The van der Waals surface area contributed by atoms with Gasteiger partial charge in [-0.2, -0.15) is 0 Å². The van der Waals surface area contributed by atoms with E-state index in [1.807, 2.05) is 13.8 Å². The van der Waals surface area contributed by atoms with Crippen LogP contribution in [-0.2, 0) is 11.3 Å².